The molecule has 0 amide bonds. The average molecular weight is 209 g/mol. The van der Waals surface area contributed by atoms with Gasteiger partial charge in [0.1, 0.15) is 0 Å². The Morgan fingerprint density at radius 3 is 3.29 bits per heavy atom. The molecule has 1 N–H and O–H groups in total. The van der Waals surface area contributed by atoms with Gasteiger partial charge in [0, 0.05) is 17.0 Å². The van der Waals surface area contributed by atoms with Crippen LogP contribution in [0.15, 0.2) is 12.2 Å². The molecule has 3 rings (SSSR count). The van der Waals surface area contributed by atoms with E-state index in [1.807, 2.05) is 0 Å². The summed E-state index contributed by atoms with van der Waals surface area (Å²) in [5.41, 5.74) is 0. The van der Waals surface area contributed by atoms with Gasteiger partial charge in [-0.15, -0.1) is 0 Å². The van der Waals surface area contributed by atoms with E-state index in [2.05, 4.69) is 36.2 Å². The highest BCUT2D eigenvalue weighted by Gasteiger charge is 2.48. The lowest BCUT2D eigenvalue weighted by molar-refractivity contribution is 0.266. The Morgan fingerprint density at radius 1 is 1.43 bits per heavy atom. The van der Waals surface area contributed by atoms with Crippen LogP contribution in [0.25, 0.3) is 0 Å². The zero-order valence-corrected chi connectivity index (χ0v) is 9.59. The van der Waals surface area contributed by atoms with Crippen molar-refractivity contribution in [2.45, 2.75) is 31.1 Å². The number of hydrogen-bond donors (Lipinski definition) is 1. The van der Waals surface area contributed by atoms with Gasteiger partial charge < -0.3 is 5.32 Å². The van der Waals surface area contributed by atoms with Gasteiger partial charge in [-0.3, -0.25) is 0 Å². The Kier molecular flexibility index (Phi) is 2.37. The van der Waals surface area contributed by atoms with Crippen LogP contribution in [0.2, 0.25) is 0 Å². The van der Waals surface area contributed by atoms with E-state index in [0.717, 1.165) is 29.0 Å². The molecule has 0 aromatic carbocycles. The van der Waals surface area contributed by atoms with Crippen molar-refractivity contribution < 1.29 is 0 Å². The molecular formula is C12H19NS. The summed E-state index contributed by atoms with van der Waals surface area (Å²) in [6.07, 6.45) is 7.73. The molecule has 5 atom stereocenters. The second-order valence-corrected chi connectivity index (χ2v) is 6.16. The van der Waals surface area contributed by atoms with E-state index in [-0.39, 0.29) is 0 Å². The number of hydrogen-bond acceptors (Lipinski definition) is 2. The van der Waals surface area contributed by atoms with E-state index in [9.17, 15) is 0 Å². The molecule has 5 unspecified atom stereocenters. The van der Waals surface area contributed by atoms with Crippen molar-refractivity contribution in [3.63, 3.8) is 0 Å². The van der Waals surface area contributed by atoms with Crippen molar-refractivity contribution in [1.29, 1.82) is 0 Å². The lowest BCUT2D eigenvalue weighted by Gasteiger charge is -2.30. The second-order valence-electron chi connectivity index (χ2n) is 4.95. The third-order valence-electron chi connectivity index (χ3n) is 4.26. The summed E-state index contributed by atoms with van der Waals surface area (Å²) in [4.78, 5) is 0. The summed E-state index contributed by atoms with van der Waals surface area (Å²) in [7, 11) is 0. The topological polar surface area (TPSA) is 12.0 Å². The molecule has 78 valence electrons. The summed E-state index contributed by atoms with van der Waals surface area (Å²) >= 11 is 2.18. The standard InChI is InChI=1S/C12H19NS/c1-8-11-9(4-2-6-13-11)10-5-3-7-14-12(8)10/h3,5,8-13H,2,4,6-7H2,1H3. The molecule has 2 fully saturated rings. The van der Waals surface area contributed by atoms with Gasteiger partial charge in [0.15, 0.2) is 0 Å². The Labute approximate surface area is 90.7 Å². The van der Waals surface area contributed by atoms with Gasteiger partial charge in [-0.05, 0) is 37.1 Å². The van der Waals surface area contributed by atoms with Crippen LogP contribution in [0, 0.1) is 17.8 Å². The molecule has 3 aliphatic rings. The SMILES string of the molecule is CC1C2NCCCC2C2C=CCSC12. The molecule has 0 bridgehead atoms. The maximum atomic E-state index is 3.74. The third kappa shape index (κ3) is 1.27. The van der Waals surface area contributed by atoms with E-state index in [1.54, 1.807) is 0 Å². The lowest BCUT2D eigenvalue weighted by Crippen LogP contribution is -2.42. The molecule has 1 saturated heterocycles. The highest BCUT2D eigenvalue weighted by atomic mass is 32.2. The van der Waals surface area contributed by atoms with Crippen LogP contribution in [-0.2, 0) is 0 Å². The van der Waals surface area contributed by atoms with E-state index in [4.69, 9.17) is 0 Å². The number of piperidine rings is 1. The maximum Gasteiger partial charge on any atom is 0.0157 e. The Hall–Kier alpha value is 0.0500. The van der Waals surface area contributed by atoms with Gasteiger partial charge in [0.2, 0.25) is 0 Å². The minimum Gasteiger partial charge on any atom is -0.313 e. The minimum absolute atomic E-state index is 0.814. The lowest BCUT2D eigenvalue weighted by atomic mass is 9.86. The van der Waals surface area contributed by atoms with Crippen LogP contribution < -0.4 is 5.32 Å². The number of rotatable bonds is 0. The fraction of sp³-hybridized carbons (Fsp3) is 0.833. The predicted octanol–water partition coefficient (Wildman–Crippen LogP) is 2.29. The van der Waals surface area contributed by atoms with Crippen molar-refractivity contribution in [2.24, 2.45) is 17.8 Å². The summed E-state index contributed by atoms with van der Waals surface area (Å²) in [6, 6.07) is 0.814. The molecule has 2 heterocycles. The molecule has 0 aromatic rings. The number of nitrogens with one attached hydrogen (secondary N) is 1. The van der Waals surface area contributed by atoms with Crippen molar-refractivity contribution >= 4 is 11.8 Å². The molecule has 0 radical (unpaired) electrons. The smallest absolute Gasteiger partial charge is 0.0157 e. The molecule has 1 nitrogen and oxygen atoms in total. The molecular weight excluding hydrogens is 190 g/mol. The first-order valence-corrected chi connectivity index (χ1v) is 6.94. The molecule has 2 aliphatic heterocycles. The average Bonchev–Trinajstić information content (AvgIpc) is 2.55. The third-order valence-corrected chi connectivity index (χ3v) is 5.77. The van der Waals surface area contributed by atoms with Crippen molar-refractivity contribution in [1.82, 2.24) is 5.32 Å². The Morgan fingerprint density at radius 2 is 2.36 bits per heavy atom. The normalized spacial score (nSPS) is 51.4. The van der Waals surface area contributed by atoms with E-state index < -0.39 is 0 Å². The van der Waals surface area contributed by atoms with E-state index >= 15 is 0 Å². The van der Waals surface area contributed by atoms with Gasteiger partial charge in [0.05, 0.1) is 0 Å². The largest absolute Gasteiger partial charge is 0.313 e. The molecule has 1 aliphatic carbocycles. The van der Waals surface area contributed by atoms with Crippen LogP contribution in [0.1, 0.15) is 19.8 Å². The van der Waals surface area contributed by atoms with Crippen molar-refractivity contribution in [3.8, 4) is 0 Å². The quantitative estimate of drug-likeness (QED) is 0.614. The Balaban J connectivity index is 1.88. The summed E-state index contributed by atoms with van der Waals surface area (Å²) in [5, 5.41) is 4.64. The number of fused-ring (bicyclic) bond motifs is 3. The van der Waals surface area contributed by atoms with Crippen LogP contribution >= 0.6 is 11.8 Å². The van der Waals surface area contributed by atoms with Gasteiger partial charge in [-0.1, -0.05) is 19.1 Å². The van der Waals surface area contributed by atoms with Crippen LogP contribution in [0.5, 0.6) is 0 Å². The highest BCUT2D eigenvalue weighted by molar-refractivity contribution is 8.00. The molecule has 1 saturated carbocycles. The molecule has 0 aromatic heterocycles. The second kappa shape index (κ2) is 3.57. The minimum atomic E-state index is 0.814. The van der Waals surface area contributed by atoms with E-state index in [1.165, 1.54) is 25.1 Å². The molecule has 2 heteroatoms. The first-order chi connectivity index (χ1) is 6.88. The first kappa shape index (κ1) is 9.29. The highest BCUT2D eigenvalue weighted by Crippen LogP contribution is 2.48. The summed E-state index contributed by atoms with van der Waals surface area (Å²) in [5.74, 6) is 3.93. The van der Waals surface area contributed by atoms with E-state index in [0.29, 0.717) is 0 Å². The number of allylic oxidation sites excluding steroid dienone is 1. The van der Waals surface area contributed by atoms with Gasteiger partial charge in [-0.2, -0.15) is 11.8 Å². The monoisotopic (exact) mass is 209 g/mol. The summed E-state index contributed by atoms with van der Waals surface area (Å²) in [6.45, 7) is 3.70. The van der Waals surface area contributed by atoms with Crippen molar-refractivity contribution in [3.05, 3.63) is 12.2 Å². The van der Waals surface area contributed by atoms with Gasteiger partial charge in [0.25, 0.3) is 0 Å². The number of thioether (sulfide) groups is 1. The van der Waals surface area contributed by atoms with Crippen LogP contribution in [0.4, 0.5) is 0 Å². The maximum absolute atomic E-state index is 3.74. The zero-order chi connectivity index (χ0) is 9.54. The van der Waals surface area contributed by atoms with Gasteiger partial charge >= 0.3 is 0 Å². The molecule has 0 spiro atoms. The fourth-order valence-electron chi connectivity index (χ4n) is 3.64. The fourth-order valence-corrected chi connectivity index (χ4v) is 5.07. The predicted molar refractivity (Wildman–Crippen MR) is 62.6 cm³/mol. The van der Waals surface area contributed by atoms with Gasteiger partial charge in [-0.25, -0.2) is 0 Å². The van der Waals surface area contributed by atoms with Crippen molar-refractivity contribution in [2.75, 3.05) is 12.3 Å². The summed E-state index contributed by atoms with van der Waals surface area (Å²) < 4.78 is 0. The first-order valence-electron chi connectivity index (χ1n) is 5.89. The molecule has 14 heavy (non-hydrogen) atoms. The zero-order valence-electron chi connectivity index (χ0n) is 8.78. The van der Waals surface area contributed by atoms with Crippen LogP contribution in [0.3, 0.4) is 0 Å². The Bertz CT molecular complexity index is 251. The van der Waals surface area contributed by atoms with Crippen LogP contribution in [-0.4, -0.2) is 23.6 Å².